The molecule has 0 radical (unpaired) electrons. The van der Waals surface area contributed by atoms with Gasteiger partial charge in [-0.05, 0) is 19.3 Å². The lowest BCUT2D eigenvalue weighted by Gasteiger charge is -2.16. The van der Waals surface area contributed by atoms with Crippen LogP contribution >= 0.6 is 0 Å². The van der Waals surface area contributed by atoms with Gasteiger partial charge in [0, 0.05) is 19.2 Å². The Bertz CT molecular complexity index is 408. The second-order valence-corrected chi connectivity index (χ2v) is 5.27. The largest absolute Gasteiger partial charge is 0.371 e. The number of nitrogens with one attached hydrogen (secondary N) is 2. The van der Waals surface area contributed by atoms with Gasteiger partial charge in [0.1, 0.15) is 0 Å². The molecule has 5 heteroatoms. The topological polar surface area (TPSA) is 37.0 Å². The van der Waals surface area contributed by atoms with Crippen molar-refractivity contribution >= 4 is 11.6 Å². The maximum atomic E-state index is 13.6. The number of aromatic nitrogens is 1. The average molecular weight is 271 g/mol. The molecule has 1 unspecified atom stereocenters. The van der Waals surface area contributed by atoms with Crippen molar-refractivity contribution in [3.63, 3.8) is 0 Å². The van der Waals surface area contributed by atoms with Crippen molar-refractivity contribution in [2.75, 3.05) is 17.7 Å². The SMILES string of the molecule is CNc1nc(NC(C)CCCC(C)C)c(F)cc1F. The van der Waals surface area contributed by atoms with Gasteiger partial charge in [-0.2, -0.15) is 0 Å². The smallest absolute Gasteiger partial charge is 0.168 e. The van der Waals surface area contributed by atoms with Gasteiger partial charge in [0.15, 0.2) is 23.3 Å². The lowest BCUT2D eigenvalue weighted by molar-refractivity contribution is 0.517. The van der Waals surface area contributed by atoms with Gasteiger partial charge in [-0.3, -0.25) is 0 Å². The zero-order chi connectivity index (χ0) is 14.4. The van der Waals surface area contributed by atoms with Gasteiger partial charge >= 0.3 is 0 Å². The molecule has 0 spiro atoms. The number of hydrogen-bond acceptors (Lipinski definition) is 3. The standard InChI is InChI=1S/C14H23F2N3/c1-9(2)6-5-7-10(3)18-14-12(16)8-11(15)13(17-4)19-14/h8-10H,5-7H2,1-4H3,(H2,17,18,19). The Morgan fingerprint density at radius 2 is 1.74 bits per heavy atom. The van der Waals surface area contributed by atoms with Crippen LogP contribution in [-0.4, -0.2) is 18.1 Å². The Labute approximate surface area is 113 Å². The predicted molar refractivity (Wildman–Crippen MR) is 75.5 cm³/mol. The first-order valence-electron chi connectivity index (χ1n) is 6.74. The van der Waals surface area contributed by atoms with Crippen LogP contribution in [0.15, 0.2) is 6.07 Å². The van der Waals surface area contributed by atoms with E-state index in [9.17, 15) is 8.78 Å². The van der Waals surface area contributed by atoms with E-state index < -0.39 is 11.6 Å². The molecule has 0 aliphatic carbocycles. The molecule has 1 aromatic heterocycles. The fraction of sp³-hybridized carbons (Fsp3) is 0.643. The summed E-state index contributed by atoms with van der Waals surface area (Å²) in [6.07, 6.45) is 3.16. The quantitative estimate of drug-likeness (QED) is 0.786. The Balaban J connectivity index is 2.60. The molecule has 0 amide bonds. The number of nitrogens with zero attached hydrogens (tertiary/aromatic N) is 1. The molecule has 1 aromatic rings. The van der Waals surface area contributed by atoms with Gasteiger partial charge in [0.25, 0.3) is 0 Å². The zero-order valence-corrected chi connectivity index (χ0v) is 12.1. The molecule has 19 heavy (non-hydrogen) atoms. The van der Waals surface area contributed by atoms with Crippen molar-refractivity contribution in [2.24, 2.45) is 5.92 Å². The van der Waals surface area contributed by atoms with E-state index in [-0.39, 0.29) is 17.7 Å². The molecule has 3 nitrogen and oxygen atoms in total. The number of anilines is 2. The van der Waals surface area contributed by atoms with Gasteiger partial charge in [-0.15, -0.1) is 0 Å². The number of rotatable bonds is 7. The second kappa shape index (κ2) is 7.26. The maximum absolute atomic E-state index is 13.6. The summed E-state index contributed by atoms with van der Waals surface area (Å²) in [4.78, 5) is 3.90. The van der Waals surface area contributed by atoms with E-state index in [2.05, 4.69) is 29.5 Å². The highest BCUT2D eigenvalue weighted by Gasteiger charge is 2.13. The molecule has 0 saturated carbocycles. The molecule has 1 rings (SSSR count). The normalized spacial score (nSPS) is 12.6. The molecule has 0 bridgehead atoms. The lowest BCUT2D eigenvalue weighted by Crippen LogP contribution is -2.18. The van der Waals surface area contributed by atoms with E-state index in [1.807, 2.05) is 6.92 Å². The third kappa shape index (κ3) is 5.01. The molecule has 0 aliphatic heterocycles. The Morgan fingerprint density at radius 1 is 1.11 bits per heavy atom. The minimum absolute atomic E-state index is 0.0540. The van der Waals surface area contributed by atoms with Crippen LogP contribution in [0.1, 0.15) is 40.0 Å². The molecule has 0 saturated heterocycles. The van der Waals surface area contributed by atoms with E-state index in [0.717, 1.165) is 25.3 Å². The van der Waals surface area contributed by atoms with Crippen molar-refractivity contribution in [3.05, 3.63) is 17.7 Å². The fourth-order valence-corrected chi connectivity index (χ4v) is 1.88. The second-order valence-electron chi connectivity index (χ2n) is 5.27. The van der Waals surface area contributed by atoms with Crippen LogP contribution in [0.4, 0.5) is 20.4 Å². The van der Waals surface area contributed by atoms with Gasteiger partial charge in [0.2, 0.25) is 0 Å². The van der Waals surface area contributed by atoms with Crippen molar-refractivity contribution in [1.29, 1.82) is 0 Å². The van der Waals surface area contributed by atoms with Gasteiger partial charge < -0.3 is 10.6 Å². The molecular weight excluding hydrogens is 248 g/mol. The maximum Gasteiger partial charge on any atom is 0.168 e. The Hall–Kier alpha value is -1.39. The molecule has 1 atom stereocenters. The van der Waals surface area contributed by atoms with E-state index in [1.165, 1.54) is 0 Å². The van der Waals surface area contributed by atoms with E-state index in [4.69, 9.17) is 0 Å². The van der Waals surface area contributed by atoms with Gasteiger partial charge in [-0.25, -0.2) is 13.8 Å². The summed E-state index contributed by atoms with van der Waals surface area (Å²) < 4.78 is 26.9. The molecule has 1 heterocycles. The molecule has 0 fully saturated rings. The van der Waals surface area contributed by atoms with Crippen LogP contribution in [0.3, 0.4) is 0 Å². The molecule has 2 N–H and O–H groups in total. The molecular formula is C14H23F2N3. The minimum Gasteiger partial charge on any atom is -0.371 e. The van der Waals surface area contributed by atoms with Crippen LogP contribution in [0.25, 0.3) is 0 Å². The highest BCUT2D eigenvalue weighted by Crippen LogP contribution is 2.20. The lowest BCUT2D eigenvalue weighted by atomic mass is 10.0. The Morgan fingerprint density at radius 3 is 2.32 bits per heavy atom. The summed E-state index contributed by atoms with van der Waals surface area (Å²) >= 11 is 0. The highest BCUT2D eigenvalue weighted by molar-refractivity contribution is 5.47. The van der Waals surface area contributed by atoms with Crippen LogP contribution in [0.2, 0.25) is 0 Å². The van der Waals surface area contributed by atoms with Crippen molar-refractivity contribution < 1.29 is 8.78 Å². The zero-order valence-electron chi connectivity index (χ0n) is 12.1. The van der Waals surface area contributed by atoms with E-state index >= 15 is 0 Å². The fourth-order valence-electron chi connectivity index (χ4n) is 1.88. The summed E-state index contributed by atoms with van der Waals surface area (Å²) in [6.45, 7) is 6.33. The first-order chi connectivity index (χ1) is 8.93. The van der Waals surface area contributed by atoms with Crippen molar-refractivity contribution in [3.8, 4) is 0 Å². The summed E-state index contributed by atoms with van der Waals surface area (Å²) in [6, 6.07) is 0.957. The minimum atomic E-state index is -0.682. The van der Waals surface area contributed by atoms with Crippen LogP contribution in [0, 0.1) is 17.6 Å². The van der Waals surface area contributed by atoms with Crippen molar-refractivity contribution in [1.82, 2.24) is 4.98 Å². The third-order valence-corrected chi connectivity index (χ3v) is 2.97. The predicted octanol–water partition coefficient (Wildman–Crippen LogP) is 4.03. The highest BCUT2D eigenvalue weighted by atomic mass is 19.1. The van der Waals surface area contributed by atoms with Gasteiger partial charge in [-0.1, -0.05) is 26.7 Å². The summed E-state index contributed by atoms with van der Waals surface area (Å²) in [5, 5.41) is 5.59. The summed E-state index contributed by atoms with van der Waals surface area (Å²) in [5.74, 6) is -0.518. The number of hydrogen-bond donors (Lipinski definition) is 2. The Kier molecular flexibility index (Phi) is 5.99. The van der Waals surface area contributed by atoms with Crippen LogP contribution < -0.4 is 10.6 Å². The molecule has 0 aliphatic rings. The third-order valence-electron chi connectivity index (χ3n) is 2.97. The molecule has 0 aromatic carbocycles. The molecule has 108 valence electrons. The summed E-state index contributed by atoms with van der Waals surface area (Å²) in [5.41, 5.74) is 0. The van der Waals surface area contributed by atoms with Crippen LogP contribution in [-0.2, 0) is 0 Å². The van der Waals surface area contributed by atoms with Gasteiger partial charge in [0.05, 0.1) is 0 Å². The number of halogens is 2. The summed E-state index contributed by atoms with van der Waals surface area (Å²) in [7, 11) is 1.55. The van der Waals surface area contributed by atoms with Crippen molar-refractivity contribution in [2.45, 2.75) is 46.1 Å². The van der Waals surface area contributed by atoms with Crippen LogP contribution in [0.5, 0.6) is 0 Å². The van der Waals surface area contributed by atoms with E-state index in [1.54, 1.807) is 7.05 Å². The number of pyridine rings is 1. The monoisotopic (exact) mass is 271 g/mol. The van der Waals surface area contributed by atoms with E-state index in [0.29, 0.717) is 5.92 Å². The average Bonchev–Trinajstić information content (AvgIpc) is 2.32. The first-order valence-corrected chi connectivity index (χ1v) is 6.74. The first kappa shape index (κ1) is 15.7.